The summed E-state index contributed by atoms with van der Waals surface area (Å²) in [7, 11) is 3.44. The van der Waals surface area contributed by atoms with Crippen LogP contribution in [0.15, 0.2) is 0 Å². The van der Waals surface area contributed by atoms with Crippen molar-refractivity contribution in [1.82, 2.24) is 5.32 Å². The molecule has 0 bridgehead atoms. The molecule has 2 aliphatic heterocycles. The predicted molar refractivity (Wildman–Crippen MR) is 72.4 cm³/mol. The second-order valence-electron chi connectivity index (χ2n) is 5.55. The van der Waals surface area contributed by atoms with Gasteiger partial charge in [0.2, 0.25) is 0 Å². The maximum atomic E-state index is 6.04. The standard InChI is InChI=1S/C14H27NO4/c1-16-11-13(17-2)10-15-12-3-6-19-14(9-12)4-7-18-8-5-14/h12-13,15H,3-11H2,1-2H3. The fourth-order valence-corrected chi connectivity index (χ4v) is 2.99. The fraction of sp³-hybridized carbons (Fsp3) is 1.00. The number of methoxy groups -OCH3 is 2. The van der Waals surface area contributed by atoms with Crippen LogP contribution >= 0.6 is 0 Å². The number of hydrogen-bond donors (Lipinski definition) is 1. The highest BCUT2D eigenvalue weighted by Crippen LogP contribution is 2.34. The highest BCUT2D eigenvalue weighted by Gasteiger charge is 2.38. The first-order valence-corrected chi connectivity index (χ1v) is 7.25. The molecular formula is C14H27NO4. The van der Waals surface area contributed by atoms with Crippen molar-refractivity contribution in [3.05, 3.63) is 0 Å². The zero-order chi connectivity index (χ0) is 13.6. The highest BCUT2D eigenvalue weighted by molar-refractivity contribution is 4.91. The molecule has 2 rings (SSSR count). The van der Waals surface area contributed by atoms with Gasteiger partial charge in [-0.3, -0.25) is 0 Å². The summed E-state index contributed by atoms with van der Waals surface area (Å²) in [6, 6.07) is 0.515. The molecule has 19 heavy (non-hydrogen) atoms. The third-order valence-corrected chi connectivity index (χ3v) is 4.22. The largest absolute Gasteiger partial charge is 0.382 e. The molecule has 5 heteroatoms. The molecule has 2 atom stereocenters. The van der Waals surface area contributed by atoms with Crippen molar-refractivity contribution in [3.8, 4) is 0 Å². The van der Waals surface area contributed by atoms with Crippen LogP contribution < -0.4 is 5.32 Å². The van der Waals surface area contributed by atoms with E-state index in [4.69, 9.17) is 18.9 Å². The van der Waals surface area contributed by atoms with E-state index in [1.165, 1.54) is 0 Å². The van der Waals surface area contributed by atoms with E-state index >= 15 is 0 Å². The average Bonchev–Trinajstić information content (AvgIpc) is 2.44. The van der Waals surface area contributed by atoms with Crippen molar-refractivity contribution in [1.29, 1.82) is 0 Å². The minimum atomic E-state index is 0.0536. The maximum Gasteiger partial charge on any atom is 0.0928 e. The first-order valence-electron chi connectivity index (χ1n) is 7.25. The molecule has 2 saturated heterocycles. The van der Waals surface area contributed by atoms with Gasteiger partial charge < -0.3 is 24.3 Å². The Bertz CT molecular complexity index is 250. The lowest BCUT2D eigenvalue weighted by molar-refractivity contribution is -0.140. The van der Waals surface area contributed by atoms with Crippen LogP contribution in [-0.4, -0.2) is 64.9 Å². The Hall–Kier alpha value is -0.200. The van der Waals surface area contributed by atoms with Gasteiger partial charge in [-0.15, -0.1) is 0 Å². The molecule has 5 nitrogen and oxygen atoms in total. The zero-order valence-electron chi connectivity index (χ0n) is 12.2. The quantitative estimate of drug-likeness (QED) is 0.781. The van der Waals surface area contributed by atoms with Gasteiger partial charge in [-0.05, 0) is 25.7 Å². The zero-order valence-corrected chi connectivity index (χ0v) is 12.2. The smallest absolute Gasteiger partial charge is 0.0928 e. The van der Waals surface area contributed by atoms with E-state index in [0.717, 1.165) is 52.0 Å². The molecule has 1 spiro atoms. The lowest BCUT2D eigenvalue weighted by Crippen LogP contribution is -2.51. The van der Waals surface area contributed by atoms with E-state index < -0.39 is 0 Å². The molecule has 2 aliphatic rings. The monoisotopic (exact) mass is 273 g/mol. The molecule has 112 valence electrons. The van der Waals surface area contributed by atoms with E-state index in [1.54, 1.807) is 14.2 Å². The minimum Gasteiger partial charge on any atom is -0.382 e. The Kier molecular flexibility index (Phi) is 6.04. The topological polar surface area (TPSA) is 49.0 Å². The van der Waals surface area contributed by atoms with Gasteiger partial charge >= 0.3 is 0 Å². The first kappa shape index (κ1) is 15.2. The molecule has 0 saturated carbocycles. The molecule has 0 amide bonds. The van der Waals surface area contributed by atoms with Gasteiger partial charge in [-0.2, -0.15) is 0 Å². The van der Waals surface area contributed by atoms with Gasteiger partial charge in [0.1, 0.15) is 0 Å². The van der Waals surface area contributed by atoms with Crippen LogP contribution in [0.4, 0.5) is 0 Å². The Labute approximate surface area is 115 Å². The van der Waals surface area contributed by atoms with Crippen molar-refractivity contribution in [2.75, 3.05) is 47.2 Å². The van der Waals surface area contributed by atoms with E-state index in [1.807, 2.05) is 0 Å². The average molecular weight is 273 g/mol. The normalized spacial score (nSPS) is 28.4. The number of rotatable bonds is 6. The third kappa shape index (κ3) is 4.39. The SMILES string of the molecule is COCC(CNC1CCOC2(CCOCC2)C1)OC. The maximum absolute atomic E-state index is 6.04. The van der Waals surface area contributed by atoms with Crippen LogP contribution in [0.3, 0.4) is 0 Å². The van der Waals surface area contributed by atoms with Gasteiger partial charge in [-0.1, -0.05) is 0 Å². The van der Waals surface area contributed by atoms with Crippen molar-refractivity contribution in [3.63, 3.8) is 0 Å². The Morgan fingerprint density at radius 1 is 1.26 bits per heavy atom. The highest BCUT2D eigenvalue weighted by atomic mass is 16.5. The fourth-order valence-electron chi connectivity index (χ4n) is 2.99. The summed E-state index contributed by atoms with van der Waals surface area (Å²) in [6.45, 7) is 3.97. The van der Waals surface area contributed by atoms with Gasteiger partial charge in [0.05, 0.1) is 18.3 Å². The molecular weight excluding hydrogens is 246 g/mol. The van der Waals surface area contributed by atoms with E-state index in [9.17, 15) is 0 Å². The third-order valence-electron chi connectivity index (χ3n) is 4.22. The summed E-state index contributed by atoms with van der Waals surface area (Å²) in [5.74, 6) is 0. The van der Waals surface area contributed by atoms with Crippen LogP contribution in [0.25, 0.3) is 0 Å². The summed E-state index contributed by atoms with van der Waals surface area (Å²) in [6.07, 6.45) is 4.33. The molecule has 0 aromatic heterocycles. The summed E-state index contributed by atoms with van der Waals surface area (Å²) >= 11 is 0. The van der Waals surface area contributed by atoms with Crippen LogP contribution in [0.1, 0.15) is 25.7 Å². The summed E-state index contributed by atoms with van der Waals surface area (Å²) in [5, 5.41) is 3.60. The van der Waals surface area contributed by atoms with Crippen molar-refractivity contribution < 1.29 is 18.9 Å². The van der Waals surface area contributed by atoms with Crippen LogP contribution in [0.5, 0.6) is 0 Å². The van der Waals surface area contributed by atoms with E-state index in [-0.39, 0.29) is 11.7 Å². The van der Waals surface area contributed by atoms with Gasteiger partial charge in [0, 0.05) is 46.6 Å². The van der Waals surface area contributed by atoms with Gasteiger partial charge in [-0.25, -0.2) is 0 Å². The predicted octanol–water partition coefficient (Wildman–Crippen LogP) is 0.966. The second kappa shape index (κ2) is 7.55. The molecule has 0 aliphatic carbocycles. The Morgan fingerprint density at radius 3 is 2.74 bits per heavy atom. The van der Waals surface area contributed by atoms with Gasteiger partial charge in [0.15, 0.2) is 0 Å². The molecule has 1 N–H and O–H groups in total. The molecule has 2 fully saturated rings. The minimum absolute atomic E-state index is 0.0536. The number of ether oxygens (including phenoxy) is 4. The van der Waals surface area contributed by atoms with Crippen LogP contribution in [-0.2, 0) is 18.9 Å². The lowest BCUT2D eigenvalue weighted by Gasteiger charge is -2.43. The summed E-state index contributed by atoms with van der Waals surface area (Å²) < 4.78 is 22.0. The first-order chi connectivity index (χ1) is 9.28. The van der Waals surface area contributed by atoms with Crippen LogP contribution in [0.2, 0.25) is 0 Å². The Balaban J connectivity index is 1.77. The van der Waals surface area contributed by atoms with E-state index in [0.29, 0.717) is 12.6 Å². The Morgan fingerprint density at radius 2 is 2.05 bits per heavy atom. The molecule has 2 unspecified atom stereocenters. The van der Waals surface area contributed by atoms with Crippen LogP contribution in [0, 0.1) is 0 Å². The van der Waals surface area contributed by atoms with Crippen molar-refractivity contribution in [2.24, 2.45) is 0 Å². The molecule has 0 radical (unpaired) electrons. The summed E-state index contributed by atoms with van der Waals surface area (Å²) in [5.41, 5.74) is 0.0536. The molecule has 0 aromatic carbocycles. The molecule has 2 heterocycles. The number of nitrogens with one attached hydrogen (secondary N) is 1. The van der Waals surface area contributed by atoms with Crippen molar-refractivity contribution >= 4 is 0 Å². The summed E-state index contributed by atoms with van der Waals surface area (Å²) in [4.78, 5) is 0. The lowest BCUT2D eigenvalue weighted by atomic mass is 9.84. The van der Waals surface area contributed by atoms with E-state index in [2.05, 4.69) is 5.32 Å². The number of hydrogen-bond acceptors (Lipinski definition) is 5. The molecule has 0 aromatic rings. The van der Waals surface area contributed by atoms with Crippen molar-refractivity contribution in [2.45, 2.75) is 43.4 Å². The van der Waals surface area contributed by atoms with Gasteiger partial charge in [0.25, 0.3) is 0 Å². The second-order valence-corrected chi connectivity index (χ2v) is 5.55.